The van der Waals surface area contributed by atoms with Gasteiger partial charge >= 0.3 is 0 Å². The number of nitrogens with zero attached hydrogens (tertiary/aromatic N) is 2. The zero-order valence-corrected chi connectivity index (χ0v) is 13.2. The molecule has 3 aliphatic rings. The van der Waals surface area contributed by atoms with Crippen LogP contribution in [0.15, 0.2) is 36.0 Å². The van der Waals surface area contributed by atoms with E-state index in [-0.39, 0.29) is 24.2 Å². The standard InChI is InChI=1S/C18H22N2O3/c21-18(13-5-1-2-6-13)20-11-12-22-17-14(20)8-9-15(17)23-16-7-3-4-10-19-16/h3-5,7,10,14-15,17H,1-2,6,8-9,11-12H2/t14-,15+,17+/m1/s1. The van der Waals surface area contributed by atoms with E-state index in [1.807, 2.05) is 23.1 Å². The summed E-state index contributed by atoms with van der Waals surface area (Å²) in [5.41, 5.74) is 0.986. The third kappa shape index (κ3) is 2.85. The number of pyridine rings is 1. The summed E-state index contributed by atoms with van der Waals surface area (Å²) in [5.74, 6) is 0.836. The van der Waals surface area contributed by atoms with E-state index in [2.05, 4.69) is 11.1 Å². The van der Waals surface area contributed by atoms with Gasteiger partial charge in [0.1, 0.15) is 12.2 Å². The number of hydrogen-bond acceptors (Lipinski definition) is 4. The van der Waals surface area contributed by atoms with Crippen molar-refractivity contribution in [3.63, 3.8) is 0 Å². The van der Waals surface area contributed by atoms with Crippen molar-refractivity contribution in [1.29, 1.82) is 0 Å². The molecule has 0 radical (unpaired) electrons. The highest BCUT2D eigenvalue weighted by Crippen LogP contribution is 2.34. The van der Waals surface area contributed by atoms with Gasteiger partial charge in [0.15, 0.2) is 0 Å². The van der Waals surface area contributed by atoms with Crippen molar-refractivity contribution in [2.24, 2.45) is 0 Å². The van der Waals surface area contributed by atoms with Gasteiger partial charge in [0.05, 0.1) is 12.6 Å². The van der Waals surface area contributed by atoms with E-state index in [0.29, 0.717) is 19.0 Å². The van der Waals surface area contributed by atoms with Gasteiger partial charge in [-0.25, -0.2) is 4.98 Å². The van der Waals surface area contributed by atoms with E-state index < -0.39 is 0 Å². The Labute approximate surface area is 136 Å². The molecule has 0 bridgehead atoms. The van der Waals surface area contributed by atoms with Crippen LogP contribution in [0.5, 0.6) is 5.88 Å². The molecule has 1 saturated carbocycles. The molecular weight excluding hydrogens is 292 g/mol. The van der Waals surface area contributed by atoms with E-state index >= 15 is 0 Å². The SMILES string of the molecule is O=C(C1=CCCC1)N1CCO[C@@H]2[C@@H](Oc3ccccn3)CC[C@H]21. The van der Waals surface area contributed by atoms with E-state index in [1.54, 1.807) is 6.20 Å². The van der Waals surface area contributed by atoms with Crippen molar-refractivity contribution in [1.82, 2.24) is 9.88 Å². The normalized spacial score (nSPS) is 30.0. The number of morpholine rings is 1. The van der Waals surface area contributed by atoms with Crippen LogP contribution < -0.4 is 4.74 Å². The first-order valence-electron chi connectivity index (χ1n) is 8.52. The van der Waals surface area contributed by atoms with Crippen molar-refractivity contribution in [3.05, 3.63) is 36.0 Å². The highest BCUT2D eigenvalue weighted by atomic mass is 16.5. The highest BCUT2D eigenvalue weighted by Gasteiger charge is 2.46. The lowest BCUT2D eigenvalue weighted by atomic mass is 10.1. The van der Waals surface area contributed by atoms with Crippen LogP contribution in [0, 0.1) is 0 Å². The summed E-state index contributed by atoms with van der Waals surface area (Å²) in [6.07, 6.45) is 8.64. The Kier molecular flexibility index (Phi) is 4.04. The average molecular weight is 314 g/mol. The summed E-state index contributed by atoms with van der Waals surface area (Å²) in [4.78, 5) is 19.0. The second-order valence-corrected chi connectivity index (χ2v) is 6.42. The Hall–Kier alpha value is -1.88. The van der Waals surface area contributed by atoms with Crippen LogP contribution in [0.4, 0.5) is 0 Å². The molecule has 1 aromatic heterocycles. The number of rotatable bonds is 3. The quantitative estimate of drug-likeness (QED) is 0.859. The van der Waals surface area contributed by atoms with Gasteiger partial charge in [-0.2, -0.15) is 0 Å². The topological polar surface area (TPSA) is 51.7 Å². The predicted molar refractivity (Wildman–Crippen MR) is 85.1 cm³/mol. The summed E-state index contributed by atoms with van der Waals surface area (Å²) < 4.78 is 12.0. The molecule has 1 aliphatic heterocycles. The van der Waals surface area contributed by atoms with Gasteiger partial charge in [-0.1, -0.05) is 12.1 Å². The van der Waals surface area contributed by atoms with Gasteiger partial charge in [0.25, 0.3) is 0 Å². The number of allylic oxidation sites excluding steroid dienone is 1. The molecule has 1 amide bonds. The fraction of sp³-hybridized carbons (Fsp3) is 0.556. The number of aromatic nitrogens is 1. The van der Waals surface area contributed by atoms with Crippen LogP contribution >= 0.6 is 0 Å². The third-order valence-corrected chi connectivity index (χ3v) is 5.02. The summed E-state index contributed by atoms with van der Waals surface area (Å²) in [6, 6.07) is 5.78. The molecule has 2 aliphatic carbocycles. The average Bonchev–Trinajstić information content (AvgIpc) is 3.25. The molecule has 5 heteroatoms. The van der Waals surface area contributed by atoms with E-state index in [4.69, 9.17) is 9.47 Å². The van der Waals surface area contributed by atoms with Crippen LogP contribution in [0.3, 0.4) is 0 Å². The molecule has 23 heavy (non-hydrogen) atoms. The maximum atomic E-state index is 12.8. The molecule has 0 spiro atoms. The largest absolute Gasteiger partial charge is 0.471 e. The molecular formula is C18H22N2O3. The monoisotopic (exact) mass is 314 g/mol. The van der Waals surface area contributed by atoms with Crippen molar-refractivity contribution in [3.8, 4) is 5.88 Å². The Balaban J connectivity index is 1.47. The van der Waals surface area contributed by atoms with E-state index in [0.717, 1.165) is 37.7 Å². The van der Waals surface area contributed by atoms with Crippen LogP contribution in [0.25, 0.3) is 0 Å². The van der Waals surface area contributed by atoms with Gasteiger partial charge < -0.3 is 14.4 Å². The minimum absolute atomic E-state index is 0.0249. The van der Waals surface area contributed by atoms with Crippen molar-refractivity contribution in [2.45, 2.75) is 50.4 Å². The van der Waals surface area contributed by atoms with Crippen molar-refractivity contribution >= 4 is 5.91 Å². The summed E-state index contributed by atoms with van der Waals surface area (Å²) in [6.45, 7) is 1.27. The zero-order chi connectivity index (χ0) is 15.6. The lowest BCUT2D eigenvalue weighted by Crippen LogP contribution is -2.54. The van der Waals surface area contributed by atoms with Gasteiger partial charge in [-0.15, -0.1) is 0 Å². The third-order valence-electron chi connectivity index (χ3n) is 5.02. The second kappa shape index (κ2) is 6.32. The molecule has 122 valence electrons. The maximum Gasteiger partial charge on any atom is 0.249 e. The van der Waals surface area contributed by atoms with Gasteiger partial charge in [-0.05, 0) is 38.2 Å². The van der Waals surface area contributed by atoms with Crippen LogP contribution in [-0.4, -0.2) is 47.2 Å². The Morgan fingerprint density at radius 1 is 1.35 bits per heavy atom. The molecule has 0 unspecified atom stereocenters. The van der Waals surface area contributed by atoms with E-state index in [1.165, 1.54) is 0 Å². The molecule has 4 rings (SSSR count). The number of carbonyl (C=O) groups is 1. The van der Waals surface area contributed by atoms with Crippen molar-refractivity contribution in [2.75, 3.05) is 13.2 Å². The van der Waals surface area contributed by atoms with Gasteiger partial charge in [0.2, 0.25) is 11.8 Å². The number of hydrogen-bond donors (Lipinski definition) is 0. The first-order valence-corrected chi connectivity index (χ1v) is 8.52. The fourth-order valence-corrected chi connectivity index (χ4v) is 3.92. The Bertz CT molecular complexity index is 602. The Morgan fingerprint density at radius 3 is 3.09 bits per heavy atom. The first kappa shape index (κ1) is 14.7. The summed E-state index contributed by atoms with van der Waals surface area (Å²) >= 11 is 0. The molecule has 1 aromatic rings. The predicted octanol–water partition coefficient (Wildman–Crippen LogP) is 2.33. The Morgan fingerprint density at radius 2 is 2.30 bits per heavy atom. The smallest absolute Gasteiger partial charge is 0.249 e. The van der Waals surface area contributed by atoms with Gasteiger partial charge in [-0.3, -0.25) is 4.79 Å². The number of carbonyl (C=O) groups excluding carboxylic acids is 1. The summed E-state index contributed by atoms with van der Waals surface area (Å²) in [7, 11) is 0. The molecule has 0 aromatic carbocycles. The molecule has 3 atom stereocenters. The summed E-state index contributed by atoms with van der Waals surface area (Å²) in [5, 5.41) is 0. The maximum absolute atomic E-state index is 12.8. The van der Waals surface area contributed by atoms with E-state index in [9.17, 15) is 4.79 Å². The second-order valence-electron chi connectivity index (χ2n) is 6.42. The zero-order valence-electron chi connectivity index (χ0n) is 13.2. The fourth-order valence-electron chi connectivity index (χ4n) is 3.92. The van der Waals surface area contributed by atoms with Crippen LogP contribution in [-0.2, 0) is 9.53 Å². The lowest BCUT2D eigenvalue weighted by molar-refractivity contribution is -0.143. The lowest BCUT2D eigenvalue weighted by Gasteiger charge is -2.39. The highest BCUT2D eigenvalue weighted by molar-refractivity contribution is 5.94. The molecule has 5 nitrogen and oxygen atoms in total. The molecule has 2 heterocycles. The first-order chi connectivity index (χ1) is 11.3. The number of amides is 1. The van der Waals surface area contributed by atoms with Gasteiger partial charge in [0, 0.05) is 24.4 Å². The van der Waals surface area contributed by atoms with Crippen LogP contribution in [0.1, 0.15) is 32.1 Å². The molecule has 1 saturated heterocycles. The minimum Gasteiger partial charge on any atom is -0.471 e. The number of ether oxygens (including phenoxy) is 2. The minimum atomic E-state index is -0.0447. The molecule has 0 N–H and O–H groups in total. The molecule has 2 fully saturated rings. The van der Waals surface area contributed by atoms with Crippen LogP contribution in [0.2, 0.25) is 0 Å². The van der Waals surface area contributed by atoms with Crippen molar-refractivity contribution < 1.29 is 14.3 Å². The number of fused-ring (bicyclic) bond motifs is 1.